The molecule has 0 amide bonds. The molecule has 104 valence electrons. The maximum Gasteiger partial charge on any atom is 0.336 e. The highest BCUT2D eigenvalue weighted by atomic mass is 16.4. The summed E-state index contributed by atoms with van der Waals surface area (Å²) in [6, 6.07) is 5.77. The van der Waals surface area contributed by atoms with Crippen molar-refractivity contribution in [2.45, 2.75) is 20.8 Å². The first-order chi connectivity index (χ1) is 9.32. The summed E-state index contributed by atoms with van der Waals surface area (Å²) in [4.78, 5) is 23.3. The van der Waals surface area contributed by atoms with E-state index in [0.29, 0.717) is 16.9 Å². The van der Waals surface area contributed by atoms with Crippen molar-refractivity contribution in [3.05, 3.63) is 57.0 Å². The van der Waals surface area contributed by atoms with E-state index < -0.39 is 11.5 Å². The third kappa shape index (κ3) is 2.18. The third-order valence-corrected chi connectivity index (χ3v) is 3.29. The minimum Gasteiger partial charge on any atom is -0.508 e. The smallest absolute Gasteiger partial charge is 0.336 e. The molecule has 0 aliphatic carbocycles. The molecule has 0 bridgehead atoms. The molecule has 20 heavy (non-hydrogen) atoms. The lowest BCUT2D eigenvalue weighted by Crippen LogP contribution is -2.22. The van der Waals surface area contributed by atoms with Gasteiger partial charge in [-0.15, -0.1) is 0 Å². The molecule has 1 heterocycles. The minimum absolute atomic E-state index is 0.103. The van der Waals surface area contributed by atoms with Crippen molar-refractivity contribution >= 4 is 5.97 Å². The summed E-state index contributed by atoms with van der Waals surface area (Å²) in [5, 5.41) is 18.6. The number of hydrogen-bond donors (Lipinski definition) is 2. The normalized spacial score (nSPS) is 10.6. The van der Waals surface area contributed by atoms with Crippen LogP contribution in [0, 0.1) is 20.8 Å². The molecule has 0 atom stereocenters. The van der Waals surface area contributed by atoms with E-state index in [1.165, 1.54) is 16.7 Å². The van der Waals surface area contributed by atoms with Crippen LogP contribution < -0.4 is 5.56 Å². The van der Waals surface area contributed by atoms with Crippen molar-refractivity contribution in [3.8, 4) is 11.4 Å². The highest BCUT2D eigenvalue weighted by Gasteiger charge is 2.16. The molecular weight excluding hydrogens is 258 g/mol. The number of carbonyl (C=O) groups is 1. The van der Waals surface area contributed by atoms with E-state index in [-0.39, 0.29) is 11.3 Å². The van der Waals surface area contributed by atoms with Gasteiger partial charge in [0.05, 0.1) is 11.3 Å². The number of aromatic carboxylic acids is 1. The van der Waals surface area contributed by atoms with Crippen LogP contribution in [0.1, 0.15) is 27.2 Å². The number of aromatic nitrogens is 1. The molecule has 2 rings (SSSR count). The molecule has 0 spiro atoms. The Balaban J connectivity index is 2.87. The van der Waals surface area contributed by atoms with Gasteiger partial charge in [0.2, 0.25) is 0 Å². The number of carboxylic acid groups (broad SMARTS) is 1. The molecule has 0 unspecified atom stereocenters. The van der Waals surface area contributed by atoms with Crippen molar-refractivity contribution in [1.82, 2.24) is 4.57 Å². The maximum absolute atomic E-state index is 12.1. The Labute approximate surface area is 115 Å². The monoisotopic (exact) mass is 273 g/mol. The van der Waals surface area contributed by atoms with Gasteiger partial charge in [-0.05, 0) is 44.0 Å². The molecule has 2 N–H and O–H groups in total. The van der Waals surface area contributed by atoms with E-state index in [4.69, 9.17) is 0 Å². The molecule has 5 nitrogen and oxygen atoms in total. The van der Waals surface area contributed by atoms with E-state index in [2.05, 4.69) is 0 Å². The van der Waals surface area contributed by atoms with Crippen molar-refractivity contribution in [2.24, 2.45) is 0 Å². The van der Waals surface area contributed by atoms with Gasteiger partial charge in [-0.1, -0.05) is 6.07 Å². The van der Waals surface area contributed by atoms with Crippen LogP contribution in [0.5, 0.6) is 5.75 Å². The van der Waals surface area contributed by atoms with Crippen LogP contribution in [0.2, 0.25) is 0 Å². The van der Waals surface area contributed by atoms with Gasteiger partial charge >= 0.3 is 5.97 Å². The predicted molar refractivity (Wildman–Crippen MR) is 74.9 cm³/mol. The predicted octanol–water partition coefficient (Wildman–Crippen LogP) is 2.17. The SMILES string of the molecule is Cc1ccc(C(=O)O)c(C)c1-n1c(C)cc(O)cc1=O. The maximum atomic E-state index is 12.1. The molecule has 0 radical (unpaired) electrons. The Morgan fingerprint density at radius 1 is 1.15 bits per heavy atom. The zero-order chi connectivity index (χ0) is 15.0. The largest absolute Gasteiger partial charge is 0.508 e. The van der Waals surface area contributed by atoms with Crippen molar-refractivity contribution in [2.75, 3.05) is 0 Å². The second-order valence-corrected chi connectivity index (χ2v) is 4.74. The van der Waals surface area contributed by atoms with Crippen LogP contribution in [-0.2, 0) is 0 Å². The van der Waals surface area contributed by atoms with Gasteiger partial charge in [-0.2, -0.15) is 0 Å². The van der Waals surface area contributed by atoms with E-state index in [1.807, 2.05) is 6.92 Å². The van der Waals surface area contributed by atoms with Crippen LogP contribution in [0.25, 0.3) is 5.69 Å². The van der Waals surface area contributed by atoms with Gasteiger partial charge in [0.15, 0.2) is 0 Å². The third-order valence-electron chi connectivity index (χ3n) is 3.29. The van der Waals surface area contributed by atoms with Crippen molar-refractivity contribution in [3.63, 3.8) is 0 Å². The first-order valence-electron chi connectivity index (χ1n) is 6.09. The minimum atomic E-state index is -1.03. The molecule has 0 saturated heterocycles. The Hall–Kier alpha value is -2.56. The van der Waals surface area contributed by atoms with Crippen LogP contribution in [-0.4, -0.2) is 20.7 Å². The summed E-state index contributed by atoms with van der Waals surface area (Å²) in [6.07, 6.45) is 0. The van der Waals surface area contributed by atoms with Crippen LogP contribution in [0.3, 0.4) is 0 Å². The zero-order valence-electron chi connectivity index (χ0n) is 11.5. The molecule has 0 aliphatic rings. The second kappa shape index (κ2) is 4.85. The van der Waals surface area contributed by atoms with Crippen molar-refractivity contribution in [1.29, 1.82) is 0 Å². The van der Waals surface area contributed by atoms with E-state index in [9.17, 15) is 19.8 Å². The zero-order valence-corrected chi connectivity index (χ0v) is 11.5. The summed E-state index contributed by atoms with van der Waals surface area (Å²) in [5.74, 6) is -1.14. The topological polar surface area (TPSA) is 79.5 Å². The molecular formula is C15H15NO4. The number of pyridine rings is 1. The van der Waals surface area contributed by atoms with Crippen LogP contribution in [0.4, 0.5) is 0 Å². The molecule has 1 aromatic carbocycles. The van der Waals surface area contributed by atoms with Gasteiger partial charge in [-0.3, -0.25) is 9.36 Å². The van der Waals surface area contributed by atoms with Crippen molar-refractivity contribution < 1.29 is 15.0 Å². The van der Waals surface area contributed by atoms with E-state index in [0.717, 1.165) is 11.6 Å². The number of rotatable bonds is 2. The first-order valence-corrected chi connectivity index (χ1v) is 6.09. The molecule has 0 aliphatic heterocycles. The average Bonchev–Trinajstić information content (AvgIpc) is 2.31. The standard InChI is InChI=1S/C15H15NO4/c1-8-4-5-12(15(19)20)10(3)14(8)16-9(2)6-11(17)7-13(16)18/h4-7,17H,1-3H3,(H,19,20). The molecule has 1 aromatic heterocycles. The Kier molecular flexibility index (Phi) is 3.36. The number of aromatic hydroxyl groups is 1. The summed E-state index contributed by atoms with van der Waals surface area (Å²) in [7, 11) is 0. The summed E-state index contributed by atoms with van der Waals surface area (Å²) < 4.78 is 1.41. The first kappa shape index (κ1) is 13.9. The number of benzene rings is 1. The summed E-state index contributed by atoms with van der Waals surface area (Å²) in [5.41, 5.74) is 2.18. The average molecular weight is 273 g/mol. The number of aryl methyl sites for hydroxylation is 2. The van der Waals surface area contributed by atoms with Crippen LogP contribution >= 0.6 is 0 Å². The van der Waals surface area contributed by atoms with Gasteiger partial charge in [0, 0.05) is 11.8 Å². The van der Waals surface area contributed by atoms with E-state index in [1.54, 1.807) is 19.9 Å². The summed E-state index contributed by atoms with van der Waals surface area (Å²) >= 11 is 0. The number of hydrogen-bond acceptors (Lipinski definition) is 3. The fourth-order valence-corrected chi connectivity index (χ4v) is 2.38. The number of carboxylic acids is 1. The van der Waals surface area contributed by atoms with E-state index >= 15 is 0 Å². The highest BCUT2D eigenvalue weighted by molar-refractivity contribution is 5.90. The fourth-order valence-electron chi connectivity index (χ4n) is 2.38. The Morgan fingerprint density at radius 2 is 1.80 bits per heavy atom. The summed E-state index contributed by atoms with van der Waals surface area (Å²) in [6.45, 7) is 5.17. The molecule has 0 saturated carbocycles. The molecule has 5 heteroatoms. The van der Waals surface area contributed by atoms with Gasteiger partial charge < -0.3 is 10.2 Å². The van der Waals surface area contributed by atoms with Gasteiger partial charge in [0.25, 0.3) is 5.56 Å². The van der Waals surface area contributed by atoms with Gasteiger partial charge in [-0.25, -0.2) is 4.79 Å². The lowest BCUT2D eigenvalue weighted by molar-refractivity contribution is 0.0696. The lowest BCUT2D eigenvalue weighted by Gasteiger charge is -2.17. The lowest BCUT2D eigenvalue weighted by atomic mass is 10.0. The highest BCUT2D eigenvalue weighted by Crippen LogP contribution is 2.23. The molecule has 2 aromatic rings. The Bertz CT molecular complexity index is 759. The van der Waals surface area contributed by atoms with Crippen LogP contribution in [0.15, 0.2) is 29.1 Å². The quantitative estimate of drug-likeness (QED) is 0.878. The second-order valence-electron chi connectivity index (χ2n) is 4.74. The van der Waals surface area contributed by atoms with Gasteiger partial charge in [0.1, 0.15) is 5.75 Å². The Morgan fingerprint density at radius 3 is 2.35 bits per heavy atom. The number of nitrogens with zero attached hydrogens (tertiary/aromatic N) is 1. The molecule has 0 fully saturated rings. The fraction of sp³-hybridized carbons (Fsp3) is 0.200.